The smallest absolute Gasteiger partial charge is 0.306 e. The van der Waals surface area contributed by atoms with Gasteiger partial charge in [0.15, 0.2) is 0 Å². The van der Waals surface area contributed by atoms with E-state index in [2.05, 4.69) is 6.92 Å². The van der Waals surface area contributed by atoms with Crippen molar-refractivity contribution >= 4 is 5.97 Å². The molecule has 0 saturated carbocycles. The molecule has 2 nitrogen and oxygen atoms in total. The molecule has 0 heterocycles. The zero-order valence-corrected chi connectivity index (χ0v) is 8.52. The minimum atomic E-state index is -0.360. The zero-order valence-electron chi connectivity index (χ0n) is 8.52. The van der Waals surface area contributed by atoms with Gasteiger partial charge in [0.1, 0.15) is 5.60 Å². The summed E-state index contributed by atoms with van der Waals surface area (Å²) in [5.41, 5.74) is -0.360. The molecule has 0 N–H and O–H groups in total. The van der Waals surface area contributed by atoms with E-state index in [1.807, 2.05) is 27.7 Å². The number of rotatable bonds is 3. The molecule has 2 heteroatoms. The molecular weight excluding hydrogens is 152 g/mol. The van der Waals surface area contributed by atoms with Gasteiger partial charge in [0.2, 0.25) is 0 Å². The molecule has 0 aromatic rings. The Bertz CT molecular complexity index is 142. The third kappa shape index (κ3) is 7.58. The third-order valence-corrected chi connectivity index (χ3v) is 1.26. The van der Waals surface area contributed by atoms with Crippen LogP contribution < -0.4 is 0 Å². The molecule has 0 aliphatic rings. The van der Waals surface area contributed by atoms with E-state index in [0.29, 0.717) is 12.3 Å². The highest BCUT2D eigenvalue weighted by Gasteiger charge is 2.15. The van der Waals surface area contributed by atoms with Crippen molar-refractivity contribution in [3.8, 4) is 0 Å². The van der Waals surface area contributed by atoms with Crippen LogP contribution in [0.3, 0.4) is 0 Å². The number of carbonyl (C=O) groups excluding carboxylic acids is 1. The molecule has 0 rings (SSSR count). The van der Waals surface area contributed by atoms with Crippen LogP contribution in [0.2, 0.25) is 0 Å². The van der Waals surface area contributed by atoms with Crippen LogP contribution in [0, 0.1) is 12.8 Å². The van der Waals surface area contributed by atoms with E-state index in [-0.39, 0.29) is 11.6 Å². The Balaban J connectivity index is 3.61. The van der Waals surface area contributed by atoms with Crippen molar-refractivity contribution < 1.29 is 9.53 Å². The zero-order chi connectivity index (χ0) is 9.78. The molecule has 0 amide bonds. The molecule has 0 saturated heterocycles. The molecule has 0 aromatic carbocycles. The van der Waals surface area contributed by atoms with Crippen molar-refractivity contribution in [2.75, 3.05) is 0 Å². The molecular formula is C10H19O2. The quantitative estimate of drug-likeness (QED) is 0.610. The number of carbonyl (C=O) groups is 1. The van der Waals surface area contributed by atoms with Gasteiger partial charge in [-0.15, -0.1) is 0 Å². The Morgan fingerprint density at radius 1 is 1.50 bits per heavy atom. The van der Waals surface area contributed by atoms with Crippen molar-refractivity contribution in [3.05, 3.63) is 6.92 Å². The summed E-state index contributed by atoms with van der Waals surface area (Å²) in [5.74, 6) is 0.190. The summed E-state index contributed by atoms with van der Waals surface area (Å²) >= 11 is 0. The topological polar surface area (TPSA) is 26.3 Å². The van der Waals surface area contributed by atoms with Crippen LogP contribution in [-0.2, 0) is 9.53 Å². The van der Waals surface area contributed by atoms with Crippen LogP contribution >= 0.6 is 0 Å². The Morgan fingerprint density at radius 3 is 2.33 bits per heavy atom. The molecule has 1 atom stereocenters. The van der Waals surface area contributed by atoms with Crippen LogP contribution in [0.5, 0.6) is 0 Å². The molecule has 0 fully saturated rings. The molecule has 71 valence electrons. The van der Waals surface area contributed by atoms with Gasteiger partial charge in [0.05, 0.1) is 0 Å². The summed E-state index contributed by atoms with van der Waals surface area (Å²) in [6, 6.07) is 0. The highest BCUT2D eigenvalue weighted by Crippen LogP contribution is 2.11. The minimum absolute atomic E-state index is 0.127. The molecule has 0 bridgehead atoms. The van der Waals surface area contributed by atoms with E-state index < -0.39 is 0 Å². The standard InChI is InChI=1S/C10H19O2/c1-8(2)6-7-9(11)12-10(3,4)5/h8H,1,6-7H2,2-5H3. The van der Waals surface area contributed by atoms with E-state index in [0.717, 1.165) is 6.42 Å². The van der Waals surface area contributed by atoms with Crippen LogP contribution in [0.15, 0.2) is 0 Å². The van der Waals surface area contributed by atoms with E-state index in [4.69, 9.17) is 4.74 Å². The van der Waals surface area contributed by atoms with Crippen LogP contribution in [-0.4, -0.2) is 11.6 Å². The maximum Gasteiger partial charge on any atom is 0.306 e. The molecule has 0 spiro atoms. The summed E-state index contributed by atoms with van der Waals surface area (Å²) in [7, 11) is 0. The van der Waals surface area contributed by atoms with Gasteiger partial charge in [-0.1, -0.05) is 13.8 Å². The summed E-state index contributed by atoms with van der Waals surface area (Å²) in [4.78, 5) is 11.1. The second-order valence-electron chi connectivity index (χ2n) is 4.23. The van der Waals surface area contributed by atoms with E-state index in [9.17, 15) is 4.79 Å². The van der Waals surface area contributed by atoms with Crippen LogP contribution in [0.25, 0.3) is 0 Å². The summed E-state index contributed by atoms with van der Waals surface area (Å²) < 4.78 is 5.12. The van der Waals surface area contributed by atoms with Crippen molar-refractivity contribution in [1.29, 1.82) is 0 Å². The molecule has 12 heavy (non-hydrogen) atoms. The average Bonchev–Trinajstić information content (AvgIpc) is 1.79. The minimum Gasteiger partial charge on any atom is -0.460 e. The second kappa shape index (κ2) is 4.48. The van der Waals surface area contributed by atoms with E-state index >= 15 is 0 Å². The van der Waals surface area contributed by atoms with Crippen molar-refractivity contribution in [1.82, 2.24) is 0 Å². The van der Waals surface area contributed by atoms with Gasteiger partial charge < -0.3 is 4.74 Å². The lowest BCUT2D eigenvalue weighted by molar-refractivity contribution is -0.155. The van der Waals surface area contributed by atoms with Gasteiger partial charge in [0.25, 0.3) is 0 Å². The predicted molar refractivity (Wildman–Crippen MR) is 49.6 cm³/mol. The third-order valence-electron chi connectivity index (χ3n) is 1.26. The van der Waals surface area contributed by atoms with Gasteiger partial charge >= 0.3 is 5.97 Å². The lowest BCUT2D eigenvalue weighted by Gasteiger charge is -2.19. The summed E-state index contributed by atoms with van der Waals surface area (Å²) in [6.07, 6.45) is 1.27. The number of esters is 1. The number of hydrogen-bond acceptors (Lipinski definition) is 2. The Hall–Kier alpha value is -0.530. The monoisotopic (exact) mass is 171 g/mol. The van der Waals surface area contributed by atoms with E-state index in [1.54, 1.807) is 0 Å². The molecule has 1 unspecified atom stereocenters. The lowest BCUT2D eigenvalue weighted by Crippen LogP contribution is -2.23. The first-order chi connectivity index (χ1) is 5.31. The van der Waals surface area contributed by atoms with Gasteiger partial charge in [0, 0.05) is 6.42 Å². The predicted octanol–water partition coefficient (Wildman–Crippen LogP) is 2.58. The highest BCUT2D eigenvalue weighted by molar-refractivity contribution is 5.69. The first kappa shape index (κ1) is 11.5. The van der Waals surface area contributed by atoms with Crippen molar-refractivity contribution in [2.24, 2.45) is 5.92 Å². The Labute approximate surface area is 75.3 Å². The first-order valence-electron chi connectivity index (χ1n) is 4.36. The SMILES string of the molecule is [CH2]C(C)CCC(=O)OC(C)(C)C. The average molecular weight is 171 g/mol. The van der Waals surface area contributed by atoms with Crippen LogP contribution in [0.1, 0.15) is 40.5 Å². The molecule has 0 aliphatic heterocycles. The number of ether oxygens (including phenoxy) is 1. The van der Waals surface area contributed by atoms with Crippen molar-refractivity contribution in [2.45, 2.75) is 46.1 Å². The molecule has 1 radical (unpaired) electrons. The Morgan fingerprint density at radius 2 is 2.00 bits per heavy atom. The van der Waals surface area contributed by atoms with Gasteiger partial charge in [-0.05, 0) is 33.1 Å². The largest absolute Gasteiger partial charge is 0.460 e. The van der Waals surface area contributed by atoms with Crippen molar-refractivity contribution in [3.63, 3.8) is 0 Å². The molecule has 0 aromatic heterocycles. The molecule has 0 aliphatic carbocycles. The Kier molecular flexibility index (Phi) is 4.29. The highest BCUT2D eigenvalue weighted by atomic mass is 16.6. The lowest BCUT2D eigenvalue weighted by atomic mass is 10.1. The fraction of sp³-hybridized carbons (Fsp3) is 0.800. The maximum absolute atomic E-state index is 11.1. The van der Waals surface area contributed by atoms with E-state index in [1.165, 1.54) is 0 Å². The van der Waals surface area contributed by atoms with Crippen LogP contribution in [0.4, 0.5) is 0 Å². The van der Waals surface area contributed by atoms with Gasteiger partial charge in [-0.3, -0.25) is 4.79 Å². The summed E-state index contributed by atoms with van der Waals surface area (Å²) in [6.45, 7) is 11.4. The fourth-order valence-corrected chi connectivity index (χ4v) is 0.757. The number of hydrogen-bond donors (Lipinski definition) is 0. The normalized spacial score (nSPS) is 11.8. The first-order valence-corrected chi connectivity index (χ1v) is 4.36. The maximum atomic E-state index is 11.1. The van der Waals surface area contributed by atoms with Gasteiger partial charge in [-0.2, -0.15) is 0 Å². The fourth-order valence-electron chi connectivity index (χ4n) is 0.757. The second-order valence-corrected chi connectivity index (χ2v) is 4.23. The van der Waals surface area contributed by atoms with Gasteiger partial charge in [-0.25, -0.2) is 0 Å². The summed E-state index contributed by atoms with van der Waals surface area (Å²) in [5, 5.41) is 0.